The summed E-state index contributed by atoms with van der Waals surface area (Å²) in [5.74, 6) is -1.07. The number of ether oxygens (including phenoxy) is 1. The zero-order valence-corrected chi connectivity index (χ0v) is 15.8. The van der Waals surface area contributed by atoms with Gasteiger partial charge in [0.05, 0.1) is 0 Å². The van der Waals surface area contributed by atoms with Crippen LogP contribution in [-0.2, 0) is 9.59 Å². The molecule has 0 saturated carbocycles. The van der Waals surface area contributed by atoms with Crippen molar-refractivity contribution < 1.29 is 23.9 Å². The van der Waals surface area contributed by atoms with Crippen LogP contribution in [0.3, 0.4) is 0 Å². The van der Waals surface area contributed by atoms with Gasteiger partial charge in [-0.1, -0.05) is 17.7 Å². The molecule has 144 valence electrons. The Morgan fingerprint density at radius 1 is 1.00 bits per heavy atom. The van der Waals surface area contributed by atoms with E-state index in [2.05, 4.69) is 0 Å². The van der Waals surface area contributed by atoms with Crippen molar-refractivity contribution in [2.24, 2.45) is 0 Å². The number of hydrogen-bond donors (Lipinski definition) is 0. The maximum atomic E-state index is 12.7. The third kappa shape index (κ3) is 3.78. The average molecular weight is 380 g/mol. The number of benzene rings is 2. The minimum atomic E-state index is -0.741. The summed E-state index contributed by atoms with van der Waals surface area (Å²) in [6, 6.07) is 12.0. The van der Waals surface area contributed by atoms with E-state index in [1.807, 2.05) is 19.1 Å². The van der Waals surface area contributed by atoms with Crippen molar-refractivity contribution in [1.82, 2.24) is 4.90 Å². The van der Waals surface area contributed by atoms with Gasteiger partial charge in [-0.05, 0) is 57.2 Å². The molecule has 1 saturated heterocycles. The van der Waals surface area contributed by atoms with Gasteiger partial charge in [0.25, 0.3) is 5.91 Å². The lowest BCUT2D eigenvalue weighted by atomic mass is 10.1. The normalized spacial score (nSPS) is 16.5. The minimum Gasteiger partial charge on any atom is -0.425 e. The quantitative estimate of drug-likeness (QED) is 0.345. The van der Waals surface area contributed by atoms with E-state index >= 15 is 0 Å². The van der Waals surface area contributed by atoms with Crippen LogP contribution in [-0.4, -0.2) is 41.2 Å². The van der Waals surface area contributed by atoms with Gasteiger partial charge in [0.2, 0.25) is 0 Å². The lowest BCUT2D eigenvalue weighted by molar-refractivity contribution is -0.139. The molecule has 0 bridgehead atoms. The highest BCUT2D eigenvalue weighted by molar-refractivity contribution is 6.15. The summed E-state index contributed by atoms with van der Waals surface area (Å²) < 4.78 is 5.18. The average Bonchev–Trinajstić information content (AvgIpc) is 2.86. The smallest absolute Gasteiger partial charge is 0.332 e. The molecule has 3 amide bonds. The van der Waals surface area contributed by atoms with Crippen molar-refractivity contribution in [2.75, 3.05) is 11.4 Å². The fraction of sp³-hybridized carbons (Fsp3) is 0.238. The fourth-order valence-corrected chi connectivity index (χ4v) is 2.96. The van der Waals surface area contributed by atoms with Crippen LogP contribution in [0.5, 0.6) is 5.75 Å². The zero-order valence-electron chi connectivity index (χ0n) is 15.8. The number of aryl methyl sites for hydroxylation is 1. The highest BCUT2D eigenvalue weighted by atomic mass is 16.5. The van der Waals surface area contributed by atoms with Gasteiger partial charge in [-0.3, -0.25) is 19.4 Å². The molecule has 28 heavy (non-hydrogen) atoms. The number of imide groups is 1. The van der Waals surface area contributed by atoms with Crippen molar-refractivity contribution in [3.05, 3.63) is 59.7 Å². The van der Waals surface area contributed by atoms with Crippen LogP contribution in [0.1, 0.15) is 29.8 Å². The predicted octanol–water partition coefficient (Wildman–Crippen LogP) is 2.96. The second-order valence-electron chi connectivity index (χ2n) is 6.64. The van der Waals surface area contributed by atoms with Crippen molar-refractivity contribution in [2.45, 2.75) is 26.8 Å². The Hall–Kier alpha value is -3.48. The number of esters is 1. The number of ketones is 1. The highest BCUT2D eigenvalue weighted by Crippen LogP contribution is 2.26. The number of hydrogen-bond acceptors (Lipinski definition) is 5. The molecule has 7 heteroatoms. The van der Waals surface area contributed by atoms with Gasteiger partial charge in [-0.15, -0.1) is 0 Å². The summed E-state index contributed by atoms with van der Waals surface area (Å²) >= 11 is 0. The number of Topliss-reactive ketones (excluding diaryl/α,β-unsaturated/α-hetero) is 1. The second kappa shape index (κ2) is 7.64. The Labute approximate surface area is 162 Å². The lowest BCUT2D eigenvalue weighted by Gasteiger charge is -2.19. The van der Waals surface area contributed by atoms with Gasteiger partial charge in [-0.25, -0.2) is 9.59 Å². The number of rotatable bonds is 5. The van der Waals surface area contributed by atoms with Crippen LogP contribution in [0, 0.1) is 6.92 Å². The van der Waals surface area contributed by atoms with E-state index in [1.54, 1.807) is 19.1 Å². The molecule has 2 aromatic rings. The Morgan fingerprint density at radius 3 is 2.18 bits per heavy atom. The summed E-state index contributed by atoms with van der Waals surface area (Å²) in [4.78, 5) is 50.9. The van der Waals surface area contributed by atoms with Gasteiger partial charge in [0.1, 0.15) is 18.3 Å². The third-order valence-electron chi connectivity index (χ3n) is 4.54. The van der Waals surface area contributed by atoms with Crippen molar-refractivity contribution in [1.29, 1.82) is 0 Å². The molecule has 0 aromatic heterocycles. The van der Waals surface area contributed by atoms with Crippen LogP contribution in [0.4, 0.5) is 10.5 Å². The third-order valence-corrected chi connectivity index (χ3v) is 4.54. The summed E-state index contributed by atoms with van der Waals surface area (Å²) in [6.07, 6.45) is 0. The molecule has 7 nitrogen and oxygen atoms in total. The first-order valence-electron chi connectivity index (χ1n) is 8.81. The summed E-state index contributed by atoms with van der Waals surface area (Å²) in [5.41, 5.74) is 2.12. The van der Waals surface area contributed by atoms with Crippen molar-refractivity contribution in [3.8, 4) is 5.75 Å². The van der Waals surface area contributed by atoms with Crippen LogP contribution in [0.25, 0.3) is 0 Å². The maximum Gasteiger partial charge on any atom is 0.332 e. The minimum absolute atomic E-state index is 0.101. The number of nitrogens with zero attached hydrogens (tertiary/aromatic N) is 2. The molecule has 3 rings (SSSR count). The SMILES string of the molecule is CC(=O)c1ccc(OC(=O)CN2C(=O)[C@H](C)N(c3ccc(C)cc3)C2=O)cc1. The van der Waals surface area contributed by atoms with E-state index in [4.69, 9.17) is 4.74 Å². The molecule has 1 heterocycles. The number of amides is 3. The second-order valence-corrected chi connectivity index (χ2v) is 6.64. The summed E-state index contributed by atoms with van der Waals surface area (Å²) in [7, 11) is 0. The first kappa shape index (κ1) is 19.3. The van der Waals surface area contributed by atoms with E-state index in [-0.39, 0.29) is 11.5 Å². The molecule has 1 atom stereocenters. The number of carbonyl (C=O) groups is 4. The number of anilines is 1. The Balaban J connectivity index is 1.70. The molecule has 0 radical (unpaired) electrons. The van der Waals surface area contributed by atoms with Gasteiger partial charge >= 0.3 is 12.0 Å². The lowest BCUT2D eigenvalue weighted by Crippen LogP contribution is -2.38. The molecule has 0 aliphatic carbocycles. The molecule has 1 fully saturated rings. The Morgan fingerprint density at radius 2 is 1.61 bits per heavy atom. The number of carbonyl (C=O) groups excluding carboxylic acids is 4. The van der Waals surface area contributed by atoms with E-state index in [9.17, 15) is 19.2 Å². The number of urea groups is 1. The summed E-state index contributed by atoms with van der Waals surface area (Å²) in [5, 5.41) is 0. The predicted molar refractivity (Wildman–Crippen MR) is 102 cm³/mol. The van der Waals surface area contributed by atoms with Crippen LogP contribution < -0.4 is 9.64 Å². The first-order valence-corrected chi connectivity index (χ1v) is 8.81. The van der Waals surface area contributed by atoms with E-state index < -0.39 is 30.5 Å². The zero-order chi connectivity index (χ0) is 20.4. The topological polar surface area (TPSA) is 84.0 Å². The van der Waals surface area contributed by atoms with Crippen LogP contribution in [0.15, 0.2) is 48.5 Å². The van der Waals surface area contributed by atoms with Gasteiger partial charge in [-0.2, -0.15) is 0 Å². The summed E-state index contributed by atoms with van der Waals surface area (Å²) in [6.45, 7) is 4.49. The van der Waals surface area contributed by atoms with Crippen LogP contribution in [0.2, 0.25) is 0 Å². The van der Waals surface area contributed by atoms with Gasteiger partial charge in [0, 0.05) is 11.3 Å². The first-order chi connectivity index (χ1) is 13.3. The van der Waals surface area contributed by atoms with E-state index in [0.29, 0.717) is 11.3 Å². The van der Waals surface area contributed by atoms with Gasteiger partial charge < -0.3 is 4.74 Å². The largest absolute Gasteiger partial charge is 0.425 e. The molecule has 0 spiro atoms. The molecular weight excluding hydrogens is 360 g/mol. The molecule has 0 unspecified atom stereocenters. The van der Waals surface area contributed by atoms with Gasteiger partial charge in [0.15, 0.2) is 5.78 Å². The Kier molecular flexibility index (Phi) is 5.26. The highest BCUT2D eigenvalue weighted by Gasteiger charge is 2.44. The van der Waals surface area contributed by atoms with Crippen molar-refractivity contribution in [3.63, 3.8) is 0 Å². The molecule has 1 aliphatic heterocycles. The molecular formula is C21H20N2O5. The molecule has 2 aromatic carbocycles. The fourth-order valence-electron chi connectivity index (χ4n) is 2.96. The molecule has 1 aliphatic rings. The monoisotopic (exact) mass is 380 g/mol. The molecule has 0 N–H and O–H groups in total. The standard InChI is InChI=1S/C21H20N2O5/c1-13-4-8-17(9-5-13)23-14(2)20(26)22(21(23)27)12-19(25)28-18-10-6-16(7-11-18)15(3)24/h4-11,14H,12H2,1-3H3/t14-/m0/s1. The van der Waals surface area contributed by atoms with Crippen LogP contribution >= 0.6 is 0 Å². The van der Waals surface area contributed by atoms with E-state index in [0.717, 1.165) is 10.5 Å². The Bertz CT molecular complexity index is 934. The van der Waals surface area contributed by atoms with Crippen molar-refractivity contribution >= 4 is 29.4 Å². The maximum absolute atomic E-state index is 12.7. The van der Waals surface area contributed by atoms with E-state index in [1.165, 1.54) is 36.1 Å².